The highest BCUT2D eigenvalue weighted by Crippen LogP contribution is 2.35. The van der Waals surface area contributed by atoms with E-state index in [2.05, 4.69) is 0 Å². The summed E-state index contributed by atoms with van der Waals surface area (Å²) in [6.07, 6.45) is 1.64. The number of fused-ring (bicyclic) bond motifs is 1. The van der Waals surface area contributed by atoms with E-state index >= 15 is 0 Å². The predicted molar refractivity (Wildman–Crippen MR) is 106 cm³/mol. The second kappa shape index (κ2) is 8.04. The van der Waals surface area contributed by atoms with E-state index in [9.17, 15) is 9.59 Å². The van der Waals surface area contributed by atoms with E-state index in [0.29, 0.717) is 42.8 Å². The van der Waals surface area contributed by atoms with Gasteiger partial charge in [0.25, 0.3) is 5.91 Å². The smallest absolute Gasteiger partial charge is 0.294 e. The van der Waals surface area contributed by atoms with Gasteiger partial charge in [-0.05, 0) is 35.9 Å². The van der Waals surface area contributed by atoms with Crippen molar-refractivity contribution in [1.29, 1.82) is 0 Å². The summed E-state index contributed by atoms with van der Waals surface area (Å²) in [4.78, 5) is 29.0. The maximum absolute atomic E-state index is 13.1. The molecule has 0 aromatic heterocycles. The summed E-state index contributed by atoms with van der Waals surface area (Å²) in [5.74, 6) is 0.205. The SMILES string of the molecule is O=C(CN1C(=O)/C(=C\c2cccc(Cl)c2)Oc2ccccc21)N1CCOCC1. The van der Waals surface area contributed by atoms with Gasteiger partial charge in [-0.2, -0.15) is 0 Å². The Morgan fingerprint density at radius 1 is 1.11 bits per heavy atom. The Kier molecular flexibility index (Phi) is 5.32. The number of carbonyl (C=O) groups excluding carboxylic acids is 2. The number of halogens is 1. The lowest BCUT2D eigenvalue weighted by Gasteiger charge is -2.33. The van der Waals surface area contributed by atoms with Gasteiger partial charge in [-0.25, -0.2) is 0 Å². The Morgan fingerprint density at radius 3 is 2.68 bits per heavy atom. The fourth-order valence-corrected chi connectivity index (χ4v) is 3.41. The highest BCUT2D eigenvalue weighted by Gasteiger charge is 2.32. The molecule has 1 fully saturated rings. The summed E-state index contributed by atoms with van der Waals surface area (Å²) in [7, 11) is 0. The second-order valence-corrected chi connectivity index (χ2v) is 6.95. The number of amides is 2. The van der Waals surface area contributed by atoms with Crippen LogP contribution in [0.4, 0.5) is 5.69 Å². The molecule has 2 aliphatic rings. The molecule has 0 N–H and O–H groups in total. The molecule has 1 saturated heterocycles. The van der Waals surface area contributed by atoms with Crippen LogP contribution in [0.25, 0.3) is 6.08 Å². The number of benzene rings is 2. The maximum Gasteiger partial charge on any atom is 0.294 e. The van der Waals surface area contributed by atoms with Crippen LogP contribution in [-0.4, -0.2) is 49.6 Å². The number of carbonyl (C=O) groups is 2. The van der Waals surface area contributed by atoms with Gasteiger partial charge in [0.1, 0.15) is 6.54 Å². The average molecular weight is 399 g/mol. The summed E-state index contributed by atoms with van der Waals surface area (Å²) in [5.41, 5.74) is 1.33. The van der Waals surface area contributed by atoms with Crippen molar-refractivity contribution < 1.29 is 19.1 Å². The fourth-order valence-electron chi connectivity index (χ4n) is 3.21. The minimum atomic E-state index is -0.361. The van der Waals surface area contributed by atoms with Gasteiger partial charge in [-0.15, -0.1) is 0 Å². The first-order valence-electron chi connectivity index (χ1n) is 9.03. The third-order valence-corrected chi connectivity index (χ3v) is 4.87. The van der Waals surface area contributed by atoms with Crippen LogP contribution in [0.3, 0.4) is 0 Å². The van der Waals surface area contributed by atoms with Crippen LogP contribution in [0.5, 0.6) is 5.75 Å². The number of hydrogen-bond donors (Lipinski definition) is 0. The van der Waals surface area contributed by atoms with Crippen LogP contribution in [0.2, 0.25) is 5.02 Å². The summed E-state index contributed by atoms with van der Waals surface area (Å²) in [5, 5.41) is 0.567. The second-order valence-electron chi connectivity index (χ2n) is 6.52. The third kappa shape index (κ3) is 3.88. The maximum atomic E-state index is 13.1. The zero-order valence-corrected chi connectivity index (χ0v) is 15.9. The number of rotatable bonds is 3. The molecule has 4 rings (SSSR count). The third-order valence-electron chi connectivity index (χ3n) is 4.64. The normalized spacial score (nSPS) is 18.0. The van der Waals surface area contributed by atoms with E-state index in [-0.39, 0.29) is 24.1 Å². The molecule has 2 aromatic carbocycles. The van der Waals surface area contributed by atoms with E-state index in [4.69, 9.17) is 21.1 Å². The largest absolute Gasteiger partial charge is 0.449 e. The summed E-state index contributed by atoms with van der Waals surface area (Å²) in [6, 6.07) is 14.3. The molecule has 2 aromatic rings. The van der Waals surface area contributed by atoms with Crippen LogP contribution >= 0.6 is 11.6 Å². The van der Waals surface area contributed by atoms with Crippen molar-refractivity contribution in [3.8, 4) is 5.75 Å². The molecule has 144 valence electrons. The number of nitrogens with zero attached hydrogens (tertiary/aromatic N) is 2. The zero-order valence-electron chi connectivity index (χ0n) is 15.1. The van der Waals surface area contributed by atoms with Gasteiger partial charge in [0, 0.05) is 18.1 Å². The molecule has 7 heteroatoms. The summed E-state index contributed by atoms with van der Waals surface area (Å²) < 4.78 is 11.1. The first-order valence-corrected chi connectivity index (χ1v) is 9.41. The van der Waals surface area contributed by atoms with Crippen molar-refractivity contribution in [2.24, 2.45) is 0 Å². The predicted octanol–water partition coefficient (Wildman–Crippen LogP) is 2.97. The Labute approximate surface area is 167 Å². The van der Waals surface area contributed by atoms with Gasteiger partial charge in [-0.1, -0.05) is 35.9 Å². The molecule has 0 radical (unpaired) electrons. The van der Waals surface area contributed by atoms with E-state index in [1.54, 1.807) is 41.3 Å². The van der Waals surface area contributed by atoms with Crippen LogP contribution in [-0.2, 0) is 14.3 Å². The van der Waals surface area contributed by atoms with Gasteiger partial charge in [0.2, 0.25) is 5.91 Å². The first-order chi connectivity index (χ1) is 13.6. The average Bonchev–Trinajstić information content (AvgIpc) is 2.71. The molecule has 2 heterocycles. The Morgan fingerprint density at radius 2 is 1.89 bits per heavy atom. The topological polar surface area (TPSA) is 59.1 Å². The van der Waals surface area contributed by atoms with E-state index < -0.39 is 0 Å². The number of para-hydroxylation sites is 2. The molecule has 2 aliphatic heterocycles. The van der Waals surface area contributed by atoms with Crippen LogP contribution in [0.1, 0.15) is 5.56 Å². The monoisotopic (exact) mass is 398 g/mol. The van der Waals surface area contributed by atoms with Crippen LogP contribution < -0.4 is 9.64 Å². The molecule has 0 bridgehead atoms. The van der Waals surface area contributed by atoms with Crippen LogP contribution in [0.15, 0.2) is 54.3 Å². The number of morpholine rings is 1. The zero-order chi connectivity index (χ0) is 19.5. The van der Waals surface area contributed by atoms with E-state index in [1.807, 2.05) is 18.2 Å². The molecule has 0 saturated carbocycles. The molecular weight excluding hydrogens is 380 g/mol. The van der Waals surface area contributed by atoms with Crippen molar-refractivity contribution in [2.75, 3.05) is 37.7 Å². The summed E-state index contributed by atoms with van der Waals surface area (Å²) in [6.45, 7) is 2.04. The standard InChI is InChI=1S/C21H19ClN2O4/c22-16-5-3-4-15(12-16)13-19-21(26)24(17-6-1-2-7-18(17)28-19)14-20(25)23-8-10-27-11-9-23/h1-7,12-13H,8-11,14H2/b19-13+. The lowest BCUT2D eigenvalue weighted by molar-refractivity contribution is -0.135. The lowest BCUT2D eigenvalue weighted by atomic mass is 10.1. The minimum Gasteiger partial charge on any atom is -0.449 e. The molecule has 0 spiro atoms. The highest BCUT2D eigenvalue weighted by atomic mass is 35.5. The van der Waals surface area contributed by atoms with E-state index in [1.165, 1.54) is 4.90 Å². The van der Waals surface area contributed by atoms with Crippen molar-refractivity contribution in [3.05, 3.63) is 64.9 Å². The molecule has 2 amide bonds. The van der Waals surface area contributed by atoms with E-state index in [0.717, 1.165) is 5.56 Å². The Bertz CT molecular complexity index is 938. The van der Waals surface area contributed by atoms with Gasteiger partial charge >= 0.3 is 0 Å². The van der Waals surface area contributed by atoms with Crippen molar-refractivity contribution in [3.63, 3.8) is 0 Å². The molecule has 0 unspecified atom stereocenters. The number of hydrogen-bond acceptors (Lipinski definition) is 4. The fraction of sp³-hybridized carbons (Fsp3) is 0.238. The summed E-state index contributed by atoms with van der Waals surface area (Å²) >= 11 is 6.04. The molecule has 0 aliphatic carbocycles. The van der Waals surface area contributed by atoms with Crippen molar-refractivity contribution in [1.82, 2.24) is 4.90 Å². The quantitative estimate of drug-likeness (QED) is 0.746. The first kappa shape index (κ1) is 18.5. The van der Waals surface area contributed by atoms with Gasteiger partial charge in [-0.3, -0.25) is 14.5 Å². The molecule has 28 heavy (non-hydrogen) atoms. The highest BCUT2D eigenvalue weighted by molar-refractivity contribution is 6.30. The van der Waals surface area contributed by atoms with Gasteiger partial charge in [0.05, 0.1) is 18.9 Å². The van der Waals surface area contributed by atoms with Crippen molar-refractivity contribution >= 4 is 35.2 Å². The lowest BCUT2D eigenvalue weighted by Crippen LogP contribution is -2.48. The molecule has 6 nitrogen and oxygen atoms in total. The number of ether oxygens (including phenoxy) is 2. The Hall–Kier alpha value is -2.83. The van der Waals surface area contributed by atoms with Crippen molar-refractivity contribution in [2.45, 2.75) is 0 Å². The number of anilines is 1. The van der Waals surface area contributed by atoms with Crippen LogP contribution in [0, 0.1) is 0 Å². The minimum absolute atomic E-state index is 0.0495. The Balaban J connectivity index is 1.64. The van der Waals surface area contributed by atoms with Gasteiger partial charge < -0.3 is 14.4 Å². The molecule has 0 atom stereocenters. The van der Waals surface area contributed by atoms with Gasteiger partial charge in [0.15, 0.2) is 11.5 Å². The molecular formula is C21H19ClN2O4.